The van der Waals surface area contributed by atoms with Gasteiger partial charge in [-0.3, -0.25) is 0 Å². The molecule has 0 bridgehead atoms. The molecule has 0 aliphatic rings. The third-order valence-corrected chi connectivity index (χ3v) is 5.16. The zero-order chi connectivity index (χ0) is 17.4. The molecule has 4 aromatic rings. The van der Waals surface area contributed by atoms with Crippen molar-refractivity contribution in [1.82, 2.24) is 0 Å². The van der Waals surface area contributed by atoms with Gasteiger partial charge in [-0.25, -0.2) is 0 Å². The highest BCUT2D eigenvalue weighted by Gasteiger charge is 2.15. The van der Waals surface area contributed by atoms with Crippen molar-refractivity contribution < 1.29 is 4.79 Å². The maximum atomic E-state index is 11.0. The lowest BCUT2D eigenvalue weighted by molar-refractivity contribution is -0.115. The van der Waals surface area contributed by atoms with E-state index >= 15 is 0 Å². The Morgan fingerprint density at radius 2 is 1.52 bits per heavy atom. The molecule has 2 nitrogen and oxygen atoms in total. The summed E-state index contributed by atoms with van der Waals surface area (Å²) in [5.41, 5.74) is 0.944. The predicted octanol–water partition coefficient (Wildman–Crippen LogP) is 6.00. The summed E-state index contributed by atoms with van der Waals surface area (Å²) in [6, 6.07) is 19.7. The molecule has 0 aliphatic heterocycles. The van der Waals surface area contributed by atoms with E-state index < -0.39 is 0 Å². The maximum absolute atomic E-state index is 11.0. The molecule has 0 fully saturated rings. The van der Waals surface area contributed by atoms with Gasteiger partial charge in [-0.05, 0) is 45.8 Å². The Bertz CT molecular complexity index is 1030. The van der Waals surface area contributed by atoms with Crippen molar-refractivity contribution >= 4 is 44.3 Å². The van der Waals surface area contributed by atoms with E-state index in [9.17, 15) is 4.79 Å². The van der Waals surface area contributed by atoms with Crippen LogP contribution in [0.2, 0.25) is 0 Å². The first-order valence-corrected chi connectivity index (χ1v) is 8.96. The Morgan fingerprint density at radius 3 is 2.24 bits per heavy atom. The third-order valence-electron chi connectivity index (χ3n) is 5.16. The van der Waals surface area contributed by atoms with Gasteiger partial charge in [-0.2, -0.15) is 0 Å². The molecule has 0 heterocycles. The lowest BCUT2D eigenvalue weighted by atomic mass is 9.90. The van der Waals surface area contributed by atoms with E-state index in [0.717, 1.165) is 25.7 Å². The van der Waals surface area contributed by atoms with E-state index in [1.165, 1.54) is 38.0 Å². The molecule has 0 spiro atoms. The fourth-order valence-electron chi connectivity index (χ4n) is 3.72. The van der Waals surface area contributed by atoms with Gasteiger partial charge in [0.1, 0.15) is 6.29 Å². The summed E-state index contributed by atoms with van der Waals surface area (Å²) < 4.78 is 0. The second kappa shape index (κ2) is 6.03. The molecule has 0 radical (unpaired) electrons. The number of carbonyl (C=O) groups is 1. The Kier molecular flexibility index (Phi) is 3.84. The summed E-state index contributed by atoms with van der Waals surface area (Å²) in [4.78, 5) is 11.0. The lowest BCUT2D eigenvalue weighted by Gasteiger charge is -2.18. The van der Waals surface area contributed by atoms with Crippen molar-refractivity contribution in [3.8, 4) is 0 Å². The van der Waals surface area contributed by atoms with Gasteiger partial charge < -0.3 is 10.1 Å². The Balaban J connectivity index is 1.69. The van der Waals surface area contributed by atoms with Gasteiger partial charge in [0.2, 0.25) is 0 Å². The zero-order valence-electron chi connectivity index (χ0n) is 14.8. The predicted molar refractivity (Wildman–Crippen MR) is 108 cm³/mol. The van der Waals surface area contributed by atoms with Crippen LogP contribution in [0.4, 0.5) is 5.69 Å². The van der Waals surface area contributed by atoms with Crippen molar-refractivity contribution in [2.45, 2.75) is 26.7 Å². The number of anilines is 1. The zero-order valence-corrected chi connectivity index (χ0v) is 14.8. The largest absolute Gasteiger partial charge is 0.385 e. The molecule has 0 saturated carbocycles. The van der Waals surface area contributed by atoms with Crippen LogP contribution in [0.3, 0.4) is 0 Å². The highest BCUT2D eigenvalue weighted by Crippen LogP contribution is 2.37. The molecule has 0 saturated heterocycles. The Morgan fingerprint density at radius 1 is 0.880 bits per heavy atom. The van der Waals surface area contributed by atoms with Gasteiger partial charge in [0, 0.05) is 23.0 Å². The molecule has 0 amide bonds. The fraction of sp³-hybridized carbons (Fsp3) is 0.261. The molecule has 0 unspecified atom stereocenters. The highest BCUT2D eigenvalue weighted by molar-refractivity contribution is 6.25. The minimum absolute atomic E-state index is 0.232. The molecule has 1 N–H and O–H groups in total. The molecule has 25 heavy (non-hydrogen) atoms. The molecular formula is C23H23NO. The van der Waals surface area contributed by atoms with Crippen LogP contribution in [0, 0.1) is 5.41 Å². The minimum atomic E-state index is -0.232. The summed E-state index contributed by atoms with van der Waals surface area (Å²) in [6.07, 6.45) is 2.94. The van der Waals surface area contributed by atoms with E-state index in [4.69, 9.17) is 0 Å². The number of nitrogens with one attached hydrogen (secondary N) is 1. The molecule has 4 rings (SSSR count). The van der Waals surface area contributed by atoms with Crippen LogP contribution in [0.15, 0.2) is 54.6 Å². The van der Waals surface area contributed by atoms with E-state index in [2.05, 4.69) is 59.9 Å². The lowest BCUT2D eigenvalue weighted by Crippen LogP contribution is -2.15. The van der Waals surface area contributed by atoms with Crippen molar-refractivity contribution in [3.63, 3.8) is 0 Å². The van der Waals surface area contributed by atoms with E-state index in [1.54, 1.807) is 0 Å². The van der Waals surface area contributed by atoms with Crippen molar-refractivity contribution in [2.24, 2.45) is 5.41 Å². The summed E-state index contributed by atoms with van der Waals surface area (Å²) in [5, 5.41) is 11.4. The smallest absolute Gasteiger partial charge is 0.125 e. The van der Waals surface area contributed by atoms with Crippen LogP contribution >= 0.6 is 0 Å². The van der Waals surface area contributed by atoms with Crippen molar-refractivity contribution in [3.05, 3.63) is 54.6 Å². The molecule has 2 heteroatoms. The topological polar surface area (TPSA) is 29.1 Å². The molecule has 0 aliphatic carbocycles. The number of carbonyl (C=O) groups excluding carboxylic acids is 1. The molecule has 0 atom stereocenters. The summed E-state index contributed by atoms with van der Waals surface area (Å²) in [7, 11) is 0. The standard InChI is InChI=1S/C23H23NO/c1-23(2,15-25)13-4-14-24-20-12-10-18-8-7-16-5-3-6-17-9-11-19(20)22(18)21(16)17/h3,5-12,15,24H,4,13-14H2,1-2H3. The van der Waals surface area contributed by atoms with Gasteiger partial charge >= 0.3 is 0 Å². The Hall–Kier alpha value is -2.61. The highest BCUT2D eigenvalue weighted by atomic mass is 16.1. The van der Waals surface area contributed by atoms with Crippen LogP contribution in [0.25, 0.3) is 32.3 Å². The fourth-order valence-corrected chi connectivity index (χ4v) is 3.72. The first-order valence-electron chi connectivity index (χ1n) is 8.96. The number of hydrogen-bond donors (Lipinski definition) is 1. The second-order valence-electron chi connectivity index (χ2n) is 7.61. The number of benzene rings is 4. The first kappa shape index (κ1) is 15.9. The normalized spacial score (nSPS) is 12.2. The maximum Gasteiger partial charge on any atom is 0.125 e. The van der Waals surface area contributed by atoms with E-state index in [-0.39, 0.29) is 5.41 Å². The van der Waals surface area contributed by atoms with Gasteiger partial charge in [0.25, 0.3) is 0 Å². The van der Waals surface area contributed by atoms with Gasteiger partial charge in [0.15, 0.2) is 0 Å². The average molecular weight is 329 g/mol. The molecule has 126 valence electrons. The van der Waals surface area contributed by atoms with Crippen LogP contribution in [-0.4, -0.2) is 12.8 Å². The van der Waals surface area contributed by atoms with Gasteiger partial charge in [-0.1, -0.05) is 62.4 Å². The Labute approximate surface area is 148 Å². The van der Waals surface area contributed by atoms with Crippen molar-refractivity contribution in [1.29, 1.82) is 0 Å². The minimum Gasteiger partial charge on any atom is -0.385 e. The number of aldehydes is 1. The molecule has 4 aromatic carbocycles. The van der Waals surface area contributed by atoms with Crippen LogP contribution in [-0.2, 0) is 4.79 Å². The monoisotopic (exact) mass is 329 g/mol. The van der Waals surface area contributed by atoms with Crippen LogP contribution in [0.1, 0.15) is 26.7 Å². The van der Waals surface area contributed by atoms with Gasteiger partial charge in [0.05, 0.1) is 0 Å². The first-order chi connectivity index (χ1) is 12.1. The summed E-state index contributed by atoms with van der Waals surface area (Å²) in [6.45, 7) is 4.87. The summed E-state index contributed by atoms with van der Waals surface area (Å²) >= 11 is 0. The number of hydrogen-bond acceptors (Lipinski definition) is 2. The van der Waals surface area contributed by atoms with E-state index in [0.29, 0.717) is 0 Å². The number of rotatable bonds is 6. The SMILES string of the molecule is CC(C)(C=O)CCCNc1ccc2ccc3cccc4ccc1c2c34. The van der Waals surface area contributed by atoms with Crippen LogP contribution in [0.5, 0.6) is 0 Å². The van der Waals surface area contributed by atoms with Crippen LogP contribution < -0.4 is 5.32 Å². The molecular weight excluding hydrogens is 306 g/mol. The average Bonchev–Trinajstić information content (AvgIpc) is 2.64. The molecule has 0 aromatic heterocycles. The summed E-state index contributed by atoms with van der Waals surface area (Å²) in [5.74, 6) is 0. The van der Waals surface area contributed by atoms with Crippen molar-refractivity contribution in [2.75, 3.05) is 11.9 Å². The van der Waals surface area contributed by atoms with E-state index in [1.807, 2.05) is 13.8 Å². The third kappa shape index (κ3) is 2.82. The quantitative estimate of drug-likeness (QED) is 0.267. The van der Waals surface area contributed by atoms with Gasteiger partial charge in [-0.15, -0.1) is 0 Å². The second-order valence-corrected chi connectivity index (χ2v) is 7.61.